The Morgan fingerprint density at radius 3 is 2.73 bits per heavy atom. The Hall–Kier alpha value is -1.65. The fraction of sp³-hybridized carbons (Fsp3) is 0.654. The average molecular weight is 407 g/mol. The van der Waals surface area contributed by atoms with Crippen molar-refractivity contribution in [2.75, 3.05) is 0 Å². The molecule has 4 heteroatoms. The standard InChI is InChI=1S/C26H34N2O2/c1-25-12-11-17(29)13-16(25)7-8-18-19-9-10-23(26(19,2)24(30)14-20(18)25)28-15-27-21-5-3-4-6-22(21)28/h3-6,10,15-20,24,29-30H,7-9,11-14H2,1-2H3/t16?,17-,18?,19?,20?,24?,25-,26?/m0/s1. The number of nitrogens with zero attached hydrogens (tertiary/aromatic N) is 2. The van der Waals surface area contributed by atoms with Gasteiger partial charge in [0.05, 0.1) is 23.2 Å². The molecule has 0 aliphatic heterocycles. The number of hydrogen-bond donors (Lipinski definition) is 2. The number of aliphatic hydroxyl groups excluding tert-OH is 2. The summed E-state index contributed by atoms with van der Waals surface area (Å²) in [6, 6.07) is 8.31. The molecule has 4 nitrogen and oxygen atoms in total. The first-order valence-electron chi connectivity index (χ1n) is 11.9. The summed E-state index contributed by atoms with van der Waals surface area (Å²) in [5.74, 6) is 2.35. The lowest BCUT2D eigenvalue weighted by Crippen LogP contribution is -2.58. The minimum atomic E-state index is -0.332. The van der Waals surface area contributed by atoms with E-state index in [-0.39, 0.29) is 23.0 Å². The van der Waals surface area contributed by atoms with Crippen LogP contribution in [-0.4, -0.2) is 32.0 Å². The molecule has 2 aromatic rings. The van der Waals surface area contributed by atoms with E-state index in [0.717, 1.165) is 43.1 Å². The van der Waals surface area contributed by atoms with E-state index in [2.05, 4.69) is 47.7 Å². The second kappa shape index (κ2) is 6.43. The molecule has 1 aromatic carbocycles. The molecule has 0 amide bonds. The normalized spacial score (nSPS) is 45.5. The van der Waals surface area contributed by atoms with Crippen LogP contribution in [0.3, 0.4) is 0 Å². The summed E-state index contributed by atoms with van der Waals surface area (Å²) in [5, 5.41) is 21.9. The van der Waals surface area contributed by atoms with Gasteiger partial charge in [-0.05, 0) is 86.2 Å². The highest BCUT2D eigenvalue weighted by Gasteiger charge is 2.62. The van der Waals surface area contributed by atoms with Crippen molar-refractivity contribution < 1.29 is 10.2 Å². The van der Waals surface area contributed by atoms with Crippen LogP contribution in [0.2, 0.25) is 0 Å². The highest BCUT2D eigenvalue weighted by molar-refractivity contribution is 5.80. The van der Waals surface area contributed by atoms with Gasteiger partial charge >= 0.3 is 0 Å². The van der Waals surface area contributed by atoms with Gasteiger partial charge in [-0.1, -0.05) is 32.1 Å². The van der Waals surface area contributed by atoms with Crippen LogP contribution < -0.4 is 0 Å². The average Bonchev–Trinajstić information content (AvgIpc) is 3.31. The largest absolute Gasteiger partial charge is 0.393 e. The van der Waals surface area contributed by atoms with Crippen LogP contribution in [0.15, 0.2) is 36.7 Å². The molecule has 0 saturated heterocycles. The summed E-state index contributed by atoms with van der Waals surface area (Å²) in [6.07, 6.45) is 11.3. The Kier molecular flexibility index (Phi) is 4.09. The first-order valence-corrected chi connectivity index (χ1v) is 11.9. The lowest BCUT2D eigenvalue weighted by atomic mass is 9.44. The molecule has 6 unspecified atom stereocenters. The van der Waals surface area contributed by atoms with Gasteiger partial charge in [0, 0.05) is 11.1 Å². The molecule has 160 valence electrons. The van der Waals surface area contributed by atoms with E-state index in [0.29, 0.717) is 23.7 Å². The zero-order chi connectivity index (χ0) is 20.7. The van der Waals surface area contributed by atoms with Gasteiger partial charge in [0.1, 0.15) is 6.33 Å². The maximum atomic E-state index is 11.7. The van der Waals surface area contributed by atoms with Crippen LogP contribution in [0.25, 0.3) is 16.7 Å². The summed E-state index contributed by atoms with van der Waals surface area (Å²) < 4.78 is 2.24. The smallest absolute Gasteiger partial charge is 0.100 e. The van der Waals surface area contributed by atoms with Crippen LogP contribution in [0, 0.1) is 34.5 Å². The highest BCUT2D eigenvalue weighted by atomic mass is 16.3. The van der Waals surface area contributed by atoms with Crippen molar-refractivity contribution in [3.63, 3.8) is 0 Å². The Bertz CT molecular complexity index is 1010. The van der Waals surface area contributed by atoms with Gasteiger partial charge in [0.2, 0.25) is 0 Å². The molecule has 30 heavy (non-hydrogen) atoms. The third-order valence-electron chi connectivity index (χ3n) is 10.0. The van der Waals surface area contributed by atoms with Crippen LogP contribution in [0.1, 0.15) is 58.8 Å². The number of fused-ring (bicyclic) bond motifs is 6. The van der Waals surface area contributed by atoms with Crippen LogP contribution in [0.5, 0.6) is 0 Å². The molecule has 1 aromatic heterocycles. The maximum Gasteiger partial charge on any atom is 0.100 e. The molecular formula is C26H34N2O2. The number of hydrogen-bond acceptors (Lipinski definition) is 3. The molecule has 4 aliphatic carbocycles. The lowest BCUT2D eigenvalue weighted by Gasteiger charge is -2.61. The molecule has 1 heterocycles. The summed E-state index contributed by atoms with van der Waals surface area (Å²) in [5.41, 5.74) is 3.45. The number of aliphatic hydroxyl groups is 2. The number of imidazole rings is 1. The number of allylic oxidation sites excluding steroid dienone is 1. The Morgan fingerprint density at radius 1 is 1.03 bits per heavy atom. The van der Waals surface area contributed by atoms with Crippen molar-refractivity contribution in [2.24, 2.45) is 34.5 Å². The zero-order valence-electron chi connectivity index (χ0n) is 18.2. The van der Waals surface area contributed by atoms with E-state index < -0.39 is 0 Å². The Morgan fingerprint density at radius 2 is 1.87 bits per heavy atom. The number of aromatic nitrogens is 2. The van der Waals surface area contributed by atoms with Gasteiger partial charge in [-0.15, -0.1) is 0 Å². The quantitative estimate of drug-likeness (QED) is 0.711. The first kappa shape index (κ1) is 19.1. The molecule has 3 fully saturated rings. The zero-order valence-corrected chi connectivity index (χ0v) is 18.2. The molecule has 0 radical (unpaired) electrons. The Balaban J connectivity index is 1.37. The SMILES string of the molecule is CC12C(n3cnc4ccccc43)=CCC1C1CCC3C[C@@H](O)CC[C@]3(C)C1CC2O. The van der Waals surface area contributed by atoms with Crippen molar-refractivity contribution in [1.82, 2.24) is 9.55 Å². The van der Waals surface area contributed by atoms with Crippen LogP contribution >= 0.6 is 0 Å². The van der Waals surface area contributed by atoms with Crippen LogP contribution in [0.4, 0.5) is 0 Å². The molecule has 3 saturated carbocycles. The second-order valence-electron chi connectivity index (χ2n) is 11.0. The Labute approximate surface area is 179 Å². The van der Waals surface area contributed by atoms with Gasteiger partial charge in [-0.25, -0.2) is 4.98 Å². The van der Waals surface area contributed by atoms with Crippen molar-refractivity contribution in [3.8, 4) is 0 Å². The van der Waals surface area contributed by atoms with E-state index in [9.17, 15) is 10.2 Å². The molecular weight excluding hydrogens is 372 g/mol. The van der Waals surface area contributed by atoms with Gasteiger partial charge in [0.25, 0.3) is 0 Å². The summed E-state index contributed by atoms with van der Waals surface area (Å²) in [7, 11) is 0. The van der Waals surface area contributed by atoms with Gasteiger partial charge in [0.15, 0.2) is 0 Å². The maximum absolute atomic E-state index is 11.7. The highest BCUT2D eigenvalue weighted by Crippen LogP contribution is 2.67. The van der Waals surface area contributed by atoms with Gasteiger partial charge in [-0.3, -0.25) is 0 Å². The first-order chi connectivity index (χ1) is 14.4. The van der Waals surface area contributed by atoms with Crippen LogP contribution in [-0.2, 0) is 0 Å². The minimum absolute atomic E-state index is 0.118. The lowest BCUT2D eigenvalue weighted by molar-refractivity contribution is -0.151. The summed E-state index contributed by atoms with van der Waals surface area (Å²) >= 11 is 0. The van der Waals surface area contributed by atoms with E-state index in [1.54, 1.807) is 0 Å². The molecule has 8 atom stereocenters. The third kappa shape index (κ3) is 2.38. The van der Waals surface area contributed by atoms with Gasteiger partial charge in [-0.2, -0.15) is 0 Å². The van der Waals surface area contributed by atoms with E-state index in [4.69, 9.17) is 0 Å². The fourth-order valence-corrected chi connectivity index (χ4v) is 8.27. The number of para-hydroxylation sites is 2. The van der Waals surface area contributed by atoms with E-state index in [1.807, 2.05) is 12.4 Å². The fourth-order valence-electron chi connectivity index (χ4n) is 8.27. The van der Waals surface area contributed by atoms with E-state index in [1.165, 1.54) is 18.5 Å². The summed E-state index contributed by atoms with van der Waals surface area (Å²) in [6.45, 7) is 4.79. The minimum Gasteiger partial charge on any atom is -0.393 e. The van der Waals surface area contributed by atoms with Crippen molar-refractivity contribution in [1.29, 1.82) is 0 Å². The van der Waals surface area contributed by atoms with Crippen molar-refractivity contribution >= 4 is 16.7 Å². The predicted molar refractivity (Wildman–Crippen MR) is 119 cm³/mol. The monoisotopic (exact) mass is 406 g/mol. The van der Waals surface area contributed by atoms with Crippen molar-refractivity contribution in [2.45, 2.75) is 71.0 Å². The molecule has 4 aliphatic rings. The van der Waals surface area contributed by atoms with Crippen molar-refractivity contribution in [3.05, 3.63) is 36.7 Å². The number of rotatable bonds is 1. The number of benzene rings is 1. The van der Waals surface area contributed by atoms with E-state index >= 15 is 0 Å². The molecule has 0 spiro atoms. The van der Waals surface area contributed by atoms with Gasteiger partial charge < -0.3 is 14.8 Å². The predicted octanol–water partition coefficient (Wildman–Crippen LogP) is 4.86. The topological polar surface area (TPSA) is 58.3 Å². The molecule has 6 rings (SSSR count). The molecule has 0 bridgehead atoms. The molecule has 2 N–H and O–H groups in total. The third-order valence-corrected chi connectivity index (χ3v) is 10.0. The summed E-state index contributed by atoms with van der Waals surface area (Å²) in [4.78, 5) is 4.63. The second-order valence-corrected chi connectivity index (χ2v) is 11.0.